The maximum Gasteiger partial charge on any atom is 0.471 e. The standard InChI is InChI=1S/C16H18ClF3N2O3/c17-12-1-3-13(4-2-12)25-10-14(23)21-9-11-5-7-22(8-6-11)15(24)16(18,19)20/h1-4,11H,5-10H2,(H,21,23). The van der Waals surface area contributed by atoms with Crippen LogP contribution in [-0.2, 0) is 9.59 Å². The number of benzene rings is 1. The smallest absolute Gasteiger partial charge is 0.471 e. The highest BCUT2D eigenvalue weighted by Crippen LogP contribution is 2.23. The van der Waals surface area contributed by atoms with Crippen LogP contribution in [0.2, 0.25) is 5.02 Å². The second kappa shape index (κ2) is 8.42. The van der Waals surface area contributed by atoms with Crippen molar-refractivity contribution in [3.8, 4) is 5.75 Å². The highest BCUT2D eigenvalue weighted by molar-refractivity contribution is 6.30. The predicted octanol–water partition coefficient (Wildman–Crippen LogP) is 2.64. The summed E-state index contributed by atoms with van der Waals surface area (Å²) in [6.07, 6.45) is -4.00. The normalized spacial score (nSPS) is 15.8. The summed E-state index contributed by atoms with van der Waals surface area (Å²) in [6, 6.07) is 6.57. The number of carbonyl (C=O) groups is 2. The molecule has 1 aromatic rings. The van der Waals surface area contributed by atoms with Gasteiger partial charge in [-0.25, -0.2) is 0 Å². The van der Waals surface area contributed by atoms with Crippen molar-refractivity contribution >= 4 is 23.4 Å². The summed E-state index contributed by atoms with van der Waals surface area (Å²) in [5, 5.41) is 3.25. The number of amides is 2. The third-order valence-corrected chi connectivity index (χ3v) is 4.17. The lowest BCUT2D eigenvalue weighted by Crippen LogP contribution is -2.46. The molecule has 1 aliphatic rings. The highest BCUT2D eigenvalue weighted by atomic mass is 35.5. The van der Waals surface area contributed by atoms with Crippen LogP contribution in [0.15, 0.2) is 24.3 Å². The van der Waals surface area contributed by atoms with Gasteiger partial charge in [0.15, 0.2) is 6.61 Å². The van der Waals surface area contributed by atoms with Crippen molar-refractivity contribution in [3.05, 3.63) is 29.3 Å². The lowest BCUT2D eigenvalue weighted by molar-refractivity contribution is -0.186. The Bertz CT molecular complexity index is 600. The van der Waals surface area contributed by atoms with E-state index in [1.165, 1.54) is 0 Å². The van der Waals surface area contributed by atoms with Crippen LogP contribution in [0, 0.1) is 5.92 Å². The van der Waals surface area contributed by atoms with Crippen molar-refractivity contribution in [2.75, 3.05) is 26.2 Å². The number of nitrogens with zero attached hydrogens (tertiary/aromatic N) is 1. The van der Waals surface area contributed by atoms with E-state index >= 15 is 0 Å². The summed E-state index contributed by atoms with van der Waals surface area (Å²) in [4.78, 5) is 23.7. The average molecular weight is 379 g/mol. The van der Waals surface area contributed by atoms with Crippen LogP contribution >= 0.6 is 11.6 Å². The van der Waals surface area contributed by atoms with Crippen LogP contribution < -0.4 is 10.1 Å². The zero-order valence-corrected chi connectivity index (χ0v) is 14.1. The van der Waals surface area contributed by atoms with E-state index in [2.05, 4.69) is 5.32 Å². The molecular formula is C16H18ClF3N2O3. The van der Waals surface area contributed by atoms with Gasteiger partial charge in [0.05, 0.1) is 0 Å². The van der Waals surface area contributed by atoms with Gasteiger partial charge in [0.1, 0.15) is 5.75 Å². The molecule has 1 fully saturated rings. The van der Waals surface area contributed by atoms with Crippen LogP contribution in [-0.4, -0.2) is 49.1 Å². The minimum Gasteiger partial charge on any atom is -0.484 e. The molecule has 1 heterocycles. The van der Waals surface area contributed by atoms with Gasteiger partial charge in [0.25, 0.3) is 5.91 Å². The molecule has 1 aliphatic heterocycles. The molecular weight excluding hydrogens is 361 g/mol. The lowest BCUT2D eigenvalue weighted by Gasteiger charge is -2.32. The van der Waals surface area contributed by atoms with E-state index < -0.39 is 12.1 Å². The number of carbonyl (C=O) groups excluding carboxylic acids is 2. The number of halogens is 4. The second-order valence-corrected chi connectivity index (χ2v) is 6.22. The topological polar surface area (TPSA) is 58.6 Å². The number of piperidine rings is 1. The zero-order valence-electron chi connectivity index (χ0n) is 13.3. The van der Waals surface area contributed by atoms with Gasteiger partial charge in [-0.2, -0.15) is 13.2 Å². The van der Waals surface area contributed by atoms with E-state index in [0.29, 0.717) is 30.2 Å². The molecule has 0 spiro atoms. The number of alkyl halides is 3. The maximum absolute atomic E-state index is 12.4. The molecule has 0 radical (unpaired) electrons. The Hall–Kier alpha value is -1.96. The third kappa shape index (κ3) is 6.12. The number of hydrogen-bond donors (Lipinski definition) is 1. The van der Waals surface area contributed by atoms with E-state index in [0.717, 1.165) is 4.90 Å². The molecule has 2 rings (SSSR count). The van der Waals surface area contributed by atoms with E-state index in [9.17, 15) is 22.8 Å². The number of nitrogens with one attached hydrogen (secondary N) is 1. The Morgan fingerprint density at radius 3 is 2.36 bits per heavy atom. The predicted molar refractivity (Wildman–Crippen MR) is 85.3 cm³/mol. The summed E-state index contributed by atoms with van der Waals surface area (Å²) in [7, 11) is 0. The van der Waals surface area contributed by atoms with Gasteiger partial charge in [0, 0.05) is 24.7 Å². The molecule has 0 aromatic heterocycles. The molecule has 0 atom stereocenters. The van der Waals surface area contributed by atoms with Crippen molar-refractivity contribution in [3.63, 3.8) is 0 Å². The van der Waals surface area contributed by atoms with Gasteiger partial charge in [-0.1, -0.05) is 11.6 Å². The Morgan fingerprint density at radius 1 is 1.20 bits per heavy atom. The van der Waals surface area contributed by atoms with Gasteiger partial charge >= 0.3 is 12.1 Å². The number of hydrogen-bond acceptors (Lipinski definition) is 3. The van der Waals surface area contributed by atoms with Crippen LogP contribution in [0.1, 0.15) is 12.8 Å². The van der Waals surface area contributed by atoms with E-state index in [1.54, 1.807) is 24.3 Å². The fourth-order valence-corrected chi connectivity index (χ4v) is 2.63. The third-order valence-electron chi connectivity index (χ3n) is 3.92. The number of likely N-dealkylation sites (tertiary alicyclic amines) is 1. The largest absolute Gasteiger partial charge is 0.484 e. The van der Waals surface area contributed by atoms with Crippen LogP contribution in [0.3, 0.4) is 0 Å². The fraction of sp³-hybridized carbons (Fsp3) is 0.500. The van der Waals surface area contributed by atoms with Gasteiger partial charge in [0.2, 0.25) is 0 Å². The molecule has 1 N–H and O–H groups in total. The van der Waals surface area contributed by atoms with E-state index in [-0.39, 0.29) is 31.5 Å². The Morgan fingerprint density at radius 2 is 1.80 bits per heavy atom. The van der Waals surface area contributed by atoms with Crippen LogP contribution in [0.5, 0.6) is 5.75 Å². The number of ether oxygens (including phenoxy) is 1. The molecule has 0 bridgehead atoms. The SMILES string of the molecule is O=C(COc1ccc(Cl)cc1)NCC1CCN(C(=O)C(F)(F)F)CC1. The van der Waals surface area contributed by atoms with E-state index in [1.807, 2.05) is 0 Å². The van der Waals surface area contributed by atoms with Crippen molar-refractivity contribution in [1.82, 2.24) is 10.2 Å². The van der Waals surface area contributed by atoms with E-state index in [4.69, 9.17) is 16.3 Å². The Balaban J connectivity index is 1.66. The Kier molecular flexibility index (Phi) is 6.52. The molecule has 0 saturated carbocycles. The zero-order chi connectivity index (χ0) is 18.4. The van der Waals surface area contributed by atoms with Crippen molar-refractivity contribution in [2.45, 2.75) is 19.0 Å². The molecule has 1 saturated heterocycles. The molecule has 0 unspecified atom stereocenters. The molecule has 2 amide bonds. The van der Waals surface area contributed by atoms with Crippen LogP contribution in [0.25, 0.3) is 0 Å². The van der Waals surface area contributed by atoms with Gasteiger partial charge < -0.3 is 15.0 Å². The summed E-state index contributed by atoms with van der Waals surface area (Å²) in [5.41, 5.74) is 0. The average Bonchev–Trinajstić information content (AvgIpc) is 2.58. The quantitative estimate of drug-likeness (QED) is 0.857. The first-order chi connectivity index (χ1) is 11.8. The van der Waals surface area contributed by atoms with Gasteiger partial charge in [-0.3, -0.25) is 9.59 Å². The summed E-state index contributed by atoms with van der Waals surface area (Å²) >= 11 is 5.74. The lowest BCUT2D eigenvalue weighted by atomic mass is 9.96. The molecule has 9 heteroatoms. The van der Waals surface area contributed by atoms with Gasteiger partial charge in [-0.15, -0.1) is 0 Å². The maximum atomic E-state index is 12.4. The minimum atomic E-state index is -4.83. The summed E-state index contributed by atoms with van der Waals surface area (Å²) in [6.45, 7) is 0.268. The molecule has 0 aliphatic carbocycles. The minimum absolute atomic E-state index is 0.0387. The first kappa shape index (κ1) is 19.4. The summed E-state index contributed by atoms with van der Waals surface area (Å²) in [5.74, 6) is -1.56. The molecule has 1 aromatic carbocycles. The van der Waals surface area contributed by atoms with Crippen molar-refractivity contribution in [2.24, 2.45) is 5.92 Å². The van der Waals surface area contributed by atoms with Gasteiger partial charge in [-0.05, 0) is 43.0 Å². The molecule has 5 nitrogen and oxygen atoms in total. The molecule has 138 valence electrons. The highest BCUT2D eigenvalue weighted by Gasteiger charge is 2.43. The molecule has 25 heavy (non-hydrogen) atoms. The first-order valence-electron chi connectivity index (χ1n) is 7.77. The fourth-order valence-electron chi connectivity index (χ4n) is 2.51. The van der Waals surface area contributed by atoms with Crippen molar-refractivity contribution < 1.29 is 27.5 Å². The van der Waals surface area contributed by atoms with Crippen molar-refractivity contribution in [1.29, 1.82) is 0 Å². The monoisotopic (exact) mass is 378 g/mol. The van der Waals surface area contributed by atoms with Crippen LogP contribution in [0.4, 0.5) is 13.2 Å². The first-order valence-corrected chi connectivity index (χ1v) is 8.14. The Labute approximate surface area is 148 Å². The number of rotatable bonds is 5. The second-order valence-electron chi connectivity index (χ2n) is 5.78. The summed E-state index contributed by atoms with van der Waals surface area (Å²) < 4.78 is 42.4.